The van der Waals surface area contributed by atoms with E-state index >= 15 is 0 Å². The van der Waals surface area contributed by atoms with Crippen molar-refractivity contribution in [2.45, 2.75) is 38.4 Å². The molecule has 1 atom stereocenters. The Bertz CT molecular complexity index is 734. The number of amides is 2. The van der Waals surface area contributed by atoms with Crippen LogP contribution < -0.4 is 16.4 Å². The zero-order valence-electron chi connectivity index (χ0n) is 13.5. The van der Waals surface area contributed by atoms with Gasteiger partial charge in [0.1, 0.15) is 12.6 Å². The summed E-state index contributed by atoms with van der Waals surface area (Å²) in [6.07, 6.45) is 5.21. The van der Waals surface area contributed by atoms with Crippen molar-refractivity contribution in [2.75, 3.05) is 5.32 Å². The number of aryl methyl sites for hydroxylation is 1. The molecule has 1 unspecified atom stereocenters. The number of benzene rings is 1. The van der Waals surface area contributed by atoms with Crippen molar-refractivity contribution in [3.05, 3.63) is 47.8 Å². The van der Waals surface area contributed by atoms with Gasteiger partial charge in [-0.3, -0.25) is 14.3 Å². The monoisotopic (exact) mass is 327 g/mol. The van der Waals surface area contributed by atoms with Crippen molar-refractivity contribution in [3.63, 3.8) is 0 Å². The fourth-order valence-corrected chi connectivity index (χ4v) is 2.31. The SMILES string of the molecule is Cc1ccc(C(N)C(=O)Nc2cnn(CC(=O)NC3CC3)c2)cc1. The van der Waals surface area contributed by atoms with Gasteiger partial charge in [-0.25, -0.2) is 0 Å². The summed E-state index contributed by atoms with van der Waals surface area (Å²) in [6.45, 7) is 2.11. The highest BCUT2D eigenvalue weighted by molar-refractivity contribution is 5.95. The number of hydrogen-bond donors (Lipinski definition) is 3. The summed E-state index contributed by atoms with van der Waals surface area (Å²) >= 11 is 0. The number of nitrogens with two attached hydrogens (primary N) is 1. The van der Waals surface area contributed by atoms with Gasteiger partial charge in [-0.05, 0) is 25.3 Å². The topological polar surface area (TPSA) is 102 Å². The van der Waals surface area contributed by atoms with Gasteiger partial charge in [-0.1, -0.05) is 29.8 Å². The molecule has 1 saturated carbocycles. The van der Waals surface area contributed by atoms with Gasteiger partial charge in [0, 0.05) is 12.2 Å². The lowest BCUT2D eigenvalue weighted by molar-refractivity contribution is -0.122. The molecule has 1 heterocycles. The maximum atomic E-state index is 12.2. The number of rotatable bonds is 6. The summed E-state index contributed by atoms with van der Waals surface area (Å²) in [5.74, 6) is -0.393. The van der Waals surface area contributed by atoms with Crippen molar-refractivity contribution in [3.8, 4) is 0 Å². The average Bonchev–Trinajstić information content (AvgIpc) is 3.25. The second kappa shape index (κ2) is 6.84. The number of carbonyl (C=O) groups excluding carboxylic acids is 2. The first-order valence-electron chi connectivity index (χ1n) is 7.96. The molecule has 0 spiro atoms. The Morgan fingerprint density at radius 3 is 2.71 bits per heavy atom. The van der Waals surface area contributed by atoms with Crippen LogP contribution in [0.15, 0.2) is 36.7 Å². The molecule has 2 amide bonds. The second-order valence-electron chi connectivity index (χ2n) is 6.15. The third-order valence-electron chi connectivity index (χ3n) is 3.87. The van der Waals surface area contributed by atoms with Gasteiger partial charge in [-0.2, -0.15) is 5.10 Å². The molecule has 7 nitrogen and oxygen atoms in total. The zero-order chi connectivity index (χ0) is 17.1. The van der Waals surface area contributed by atoms with E-state index in [0.717, 1.165) is 24.0 Å². The molecule has 2 aromatic rings. The molecular formula is C17H21N5O2. The number of hydrogen-bond acceptors (Lipinski definition) is 4. The number of anilines is 1. The quantitative estimate of drug-likeness (QED) is 0.739. The number of nitrogens with one attached hydrogen (secondary N) is 2. The van der Waals surface area contributed by atoms with E-state index in [1.54, 1.807) is 6.20 Å². The molecule has 1 aliphatic rings. The van der Waals surface area contributed by atoms with E-state index in [9.17, 15) is 9.59 Å². The zero-order valence-corrected chi connectivity index (χ0v) is 13.5. The molecule has 1 aromatic heterocycles. The average molecular weight is 327 g/mol. The summed E-state index contributed by atoms with van der Waals surface area (Å²) in [5, 5.41) is 9.69. The first-order valence-corrected chi connectivity index (χ1v) is 7.96. The minimum Gasteiger partial charge on any atom is -0.352 e. The summed E-state index contributed by atoms with van der Waals surface area (Å²) < 4.78 is 1.49. The predicted octanol–water partition coefficient (Wildman–Crippen LogP) is 1.11. The minimum atomic E-state index is -0.757. The molecular weight excluding hydrogens is 306 g/mol. The highest BCUT2D eigenvalue weighted by atomic mass is 16.2. The lowest BCUT2D eigenvalue weighted by Gasteiger charge is -2.11. The maximum absolute atomic E-state index is 12.2. The van der Waals surface area contributed by atoms with Crippen LogP contribution in [0.4, 0.5) is 5.69 Å². The lowest BCUT2D eigenvalue weighted by Crippen LogP contribution is -2.29. The minimum absolute atomic E-state index is 0.0742. The first-order chi connectivity index (χ1) is 11.5. The highest BCUT2D eigenvalue weighted by Crippen LogP contribution is 2.18. The van der Waals surface area contributed by atoms with Crippen LogP contribution in [0, 0.1) is 6.92 Å². The highest BCUT2D eigenvalue weighted by Gasteiger charge is 2.23. The Morgan fingerprint density at radius 1 is 1.33 bits per heavy atom. The van der Waals surface area contributed by atoms with Crippen molar-refractivity contribution in [1.82, 2.24) is 15.1 Å². The van der Waals surface area contributed by atoms with Crippen LogP contribution >= 0.6 is 0 Å². The van der Waals surface area contributed by atoms with E-state index in [-0.39, 0.29) is 18.4 Å². The van der Waals surface area contributed by atoms with E-state index in [0.29, 0.717) is 11.7 Å². The van der Waals surface area contributed by atoms with Crippen LogP contribution in [0.25, 0.3) is 0 Å². The largest absolute Gasteiger partial charge is 0.352 e. The smallest absolute Gasteiger partial charge is 0.245 e. The van der Waals surface area contributed by atoms with E-state index in [2.05, 4.69) is 15.7 Å². The van der Waals surface area contributed by atoms with Crippen LogP contribution in [0.1, 0.15) is 30.0 Å². The Balaban J connectivity index is 1.56. The van der Waals surface area contributed by atoms with Gasteiger partial charge in [0.2, 0.25) is 11.8 Å². The molecule has 1 fully saturated rings. The molecule has 0 saturated heterocycles. The van der Waals surface area contributed by atoms with Crippen molar-refractivity contribution < 1.29 is 9.59 Å². The molecule has 4 N–H and O–H groups in total. The standard InChI is InChI=1S/C17H21N5O2/c1-11-2-4-12(5-3-11)16(18)17(24)21-14-8-19-22(9-14)10-15(23)20-13-6-7-13/h2-5,8-9,13,16H,6-7,10,18H2,1H3,(H,20,23)(H,21,24). The van der Waals surface area contributed by atoms with E-state index in [1.165, 1.54) is 10.9 Å². The third kappa shape index (κ3) is 4.20. The maximum Gasteiger partial charge on any atom is 0.245 e. The van der Waals surface area contributed by atoms with Gasteiger partial charge in [0.25, 0.3) is 0 Å². The third-order valence-corrected chi connectivity index (χ3v) is 3.87. The van der Waals surface area contributed by atoms with Gasteiger partial charge >= 0.3 is 0 Å². The molecule has 7 heteroatoms. The van der Waals surface area contributed by atoms with Crippen LogP contribution in [0.5, 0.6) is 0 Å². The summed E-state index contributed by atoms with van der Waals surface area (Å²) in [7, 11) is 0. The normalized spacial score (nSPS) is 14.9. The van der Waals surface area contributed by atoms with Gasteiger partial charge in [0.15, 0.2) is 0 Å². The van der Waals surface area contributed by atoms with Crippen molar-refractivity contribution in [1.29, 1.82) is 0 Å². The van der Waals surface area contributed by atoms with Gasteiger partial charge in [0.05, 0.1) is 11.9 Å². The number of carbonyl (C=O) groups is 2. The molecule has 24 heavy (non-hydrogen) atoms. The molecule has 3 rings (SSSR count). The van der Waals surface area contributed by atoms with Crippen LogP contribution in [0.2, 0.25) is 0 Å². The fraction of sp³-hybridized carbons (Fsp3) is 0.353. The summed E-state index contributed by atoms with van der Waals surface area (Å²) in [6, 6.07) is 7.07. The molecule has 0 aliphatic heterocycles. The fourth-order valence-electron chi connectivity index (χ4n) is 2.31. The van der Waals surface area contributed by atoms with Gasteiger partial charge in [-0.15, -0.1) is 0 Å². The second-order valence-corrected chi connectivity index (χ2v) is 6.15. The Hall–Kier alpha value is -2.67. The number of aromatic nitrogens is 2. The van der Waals surface area contributed by atoms with Crippen LogP contribution in [0.3, 0.4) is 0 Å². The number of nitrogens with zero attached hydrogens (tertiary/aromatic N) is 2. The van der Waals surface area contributed by atoms with Gasteiger partial charge < -0.3 is 16.4 Å². The Morgan fingerprint density at radius 2 is 2.04 bits per heavy atom. The molecule has 1 aliphatic carbocycles. The molecule has 0 radical (unpaired) electrons. The van der Waals surface area contributed by atoms with Crippen LogP contribution in [-0.4, -0.2) is 27.6 Å². The van der Waals surface area contributed by atoms with Crippen molar-refractivity contribution in [2.24, 2.45) is 5.73 Å². The van der Waals surface area contributed by atoms with E-state index in [4.69, 9.17) is 5.73 Å². The Labute approximate surface area is 140 Å². The lowest BCUT2D eigenvalue weighted by atomic mass is 10.1. The summed E-state index contributed by atoms with van der Waals surface area (Å²) in [5.41, 5.74) is 8.35. The van der Waals surface area contributed by atoms with Crippen LogP contribution in [-0.2, 0) is 16.1 Å². The predicted molar refractivity (Wildman–Crippen MR) is 90.1 cm³/mol. The molecule has 0 bridgehead atoms. The van der Waals surface area contributed by atoms with E-state index in [1.807, 2.05) is 31.2 Å². The Kier molecular flexibility index (Phi) is 4.61. The first kappa shape index (κ1) is 16.2. The molecule has 1 aromatic carbocycles. The van der Waals surface area contributed by atoms with Crippen molar-refractivity contribution >= 4 is 17.5 Å². The summed E-state index contributed by atoms with van der Waals surface area (Å²) in [4.78, 5) is 24.0. The molecule has 126 valence electrons. The van der Waals surface area contributed by atoms with E-state index < -0.39 is 6.04 Å².